The topological polar surface area (TPSA) is 153 Å². The third-order valence-corrected chi connectivity index (χ3v) is 5.97. The average Bonchev–Trinajstić information content (AvgIpc) is 2.60. The van der Waals surface area contributed by atoms with Crippen LogP contribution in [0.25, 0.3) is 0 Å². The summed E-state index contributed by atoms with van der Waals surface area (Å²) in [6.45, 7) is 4.42. The first kappa shape index (κ1) is 21.0. The van der Waals surface area contributed by atoms with Crippen molar-refractivity contribution in [1.29, 1.82) is 0 Å². The molecule has 3 N–H and O–H groups in total. The smallest absolute Gasteiger partial charge is 0.286 e. The number of pyridine rings is 1. The van der Waals surface area contributed by atoms with Gasteiger partial charge in [-0.2, -0.15) is 8.42 Å². The number of nitrogens with one attached hydrogen (secondary N) is 2. The Bertz CT molecular complexity index is 1170. The molecule has 3 rings (SSSR count). The van der Waals surface area contributed by atoms with Gasteiger partial charge in [-0.25, -0.2) is 0 Å². The van der Waals surface area contributed by atoms with Crippen LogP contribution in [0.3, 0.4) is 0 Å². The molecule has 0 radical (unpaired) electrons. The van der Waals surface area contributed by atoms with Gasteiger partial charge in [0.1, 0.15) is 16.2 Å². The number of aryl methyl sites for hydroxylation is 1. The summed E-state index contributed by atoms with van der Waals surface area (Å²) in [5.74, 6) is -0.351. The number of hydrogen-bond donors (Lipinski definition) is 3. The number of hydrogen-bond acceptors (Lipinski definition) is 7. The number of rotatable bonds is 6. The standard InChI is InChI=1S/C17H20N4O6S2/c1-10(2)5-7-21-8-6-13(22)15(17(21)23)16-18-12-4-3-11(19-28(24)25)9-14(12)29(26,27)20-16/h3-4,6,8-10,19,22H,5,7H2,1-2H3,(H,18,20)(H,24,25)/p-1. The van der Waals surface area contributed by atoms with Crippen LogP contribution in [0.4, 0.5) is 11.4 Å². The Kier molecular flexibility index (Phi) is 5.78. The molecule has 1 unspecified atom stereocenters. The van der Waals surface area contributed by atoms with E-state index in [0.717, 1.165) is 12.5 Å². The van der Waals surface area contributed by atoms with Crippen molar-refractivity contribution in [1.82, 2.24) is 4.57 Å². The fourth-order valence-corrected chi connectivity index (χ4v) is 4.26. The van der Waals surface area contributed by atoms with Crippen molar-refractivity contribution in [3.05, 3.63) is 46.4 Å². The number of fused-ring (bicyclic) bond motifs is 1. The lowest BCUT2D eigenvalue weighted by molar-refractivity contribution is 0.464. The van der Waals surface area contributed by atoms with Gasteiger partial charge in [-0.3, -0.25) is 9.00 Å². The monoisotopic (exact) mass is 439 g/mol. The molecule has 1 atom stereocenters. The molecule has 10 nitrogen and oxygen atoms in total. The molecule has 0 saturated heterocycles. The van der Waals surface area contributed by atoms with E-state index in [1.165, 1.54) is 29.0 Å². The second-order valence-electron chi connectivity index (χ2n) is 6.84. The van der Waals surface area contributed by atoms with Gasteiger partial charge < -0.3 is 24.3 Å². The number of aromatic hydroxyl groups is 1. The van der Waals surface area contributed by atoms with Gasteiger partial charge in [0.15, 0.2) is 5.84 Å². The van der Waals surface area contributed by atoms with E-state index in [2.05, 4.69) is 14.4 Å². The summed E-state index contributed by atoms with van der Waals surface area (Å²) in [4.78, 5) is 12.6. The first-order chi connectivity index (χ1) is 13.6. The normalized spacial score (nSPS) is 15.9. The minimum absolute atomic E-state index is 0.0414. The highest BCUT2D eigenvalue weighted by Crippen LogP contribution is 2.31. The van der Waals surface area contributed by atoms with Crippen LogP contribution in [0, 0.1) is 5.92 Å². The van der Waals surface area contributed by atoms with Crippen LogP contribution in [0.5, 0.6) is 5.75 Å². The molecule has 156 valence electrons. The maximum absolute atomic E-state index is 12.8. The van der Waals surface area contributed by atoms with Crippen LogP contribution in [-0.2, 0) is 27.8 Å². The van der Waals surface area contributed by atoms with E-state index in [9.17, 15) is 27.1 Å². The summed E-state index contributed by atoms with van der Waals surface area (Å²) in [6.07, 6.45) is 2.17. The van der Waals surface area contributed by atoms with Gasteiger partial charge in [-0.15, -0.1) is 4.40 Å². The Balaban J connectivity index is 2.06. The molecule has 0 fully saturated rings. The quantitative estimate of drug-likeness (QED) is 0.575. The third-order valence-electron chi connectivity index (χ3n) is 4.25. The van der Waals surface area contributed by atoms with E-state index in [0.29, 0.717) is 12.5 Å². The van der Waals surface area contributed by atoms with Gasteiger partial charge in [0.25, 0.3) is 15.6 Å². The molecule has 0 spiro atoms. The van der Waals surface area contributed by atoms with Crippen LogP contribution < -0.4 is 15.6 Å². The molecule has 0 bridgehead atoms. The van der Waals surface area contributed by atoms with Crippen molar-refractivity contribution in [2.75, 3.05) is 10.0 Å². The Labute approximate surface area is 169 Å². The minimum atomic E-state index is -4.24. The van der Waals surface area contributed by atoms with Crippen molar-refractivity contribution in [3.63, 3.8) is 0 Å². The lowest BCUT2D eigenvalue weighted by Crippen LogP contribution is -2.32. The maximum atomic E-state index is 12.8. The Morgan fingerprint density at radius 2 is 2.07 bits per heavy atom. The molecule has 29 heavy (non-hydrogen) atoms. The average molecular weight is 439 g/mol. The minimum Gasteiger partial charge on any atom is -0.755 e. The van der Waals surface area contributed by atoms with Gasteiger partial charge >= 0.3 is 0 Å². The first-order valence-corrected chi connectivity index (χ1v) is 11.1. The zero-order chi connectivity index (χ0) is 21.3. The third kappa shape index (κ3) is 4.49. The van der Waals surface area contributed by atoms with Crippen LogP contribution in [0.2, 0.25) is 0 Å². The largest absolute Gasteiger partial charge is 0.755 e. The molecule has 0 amide bonds. The molecule has 1 aliphatic rings. The number of benzene rings is 1. The van der Waals surface area contributed by atoms with Crippen LogP contribution in [0.1, 0.15) is 25.8 Å². The summed E-state index contributed by atoms with van der Waals surface area (Å²) in [7, 11) is -4.24. The summed E-state index contributed by atoms with van der Waals surface area (Å²) in [5.41, 5.74) is -0.683. The second-order valence-corrected chi connectivity index (χ2v) is 9.09. The molecular formula is C17H19N4O6S2-. The van der Waals surface area contributed by atoms with Gasteiger partial charge in [-0.05, 0) is 36.6 Å². The lowest BCUT2D eigenvalue weighted by atomic mass is 10.1. The Morgan fingerprint density at radius 1 is 1.34 bits per heavy atom. The molecule has 1 aromatic carbocycles. The van der Waals surface area contributed by atoms with Gasteiger partial charge in [0.2, 0.25) is 0 Å². The number of sulfonamides is 1. The molecule has 2 heterocycles. The predicted molar refractivity (Wildman–Crippen MR) is 108 cm³/mol. The number of aromatic nitrogens is 1. The van der Waals surface area contributed by atoms with Crippen molar-refractivity contribution in [2.45, 2.75) is 31.7 Å². The van der Waals surface area contributed by atoms with Gasteiger partial charge in [0.05, 0.1) is 5.69 Å². The maximum Gasteiger partial charge on any atom is 0.286 e. The van der Waals surface area contributed by atoms with Crippen molar-refractivity contribution in [2.24, 2.45) is 10.3 Å². The number of anilines is 2. The number of amidine groups is 1. The molecule has 12 heteroatoms. The summed E-state index contributed by atoms with van der Waals surface area (Å²) >= 11 is -2.62. The van der Waals surface area contributed by atoms with Crippen molar-refractivity contribution in [3.8, 4) is 5.75 Å². The fourth-order valence-electron chi connectivity index (χ4n) is 2.79. The van der Waals surface area contributed by atoms with E-state index in [-0.39, 0.29) is 27.7 Å². The summed E-state index contributed by atoms with van der Waals surface area (Å²) in [6, 6.07) is 5.11. The lowest BCUT2D eigenvalue weighted by Gasteiger charge is -2.20. The van der Waals surface area contributed by atoms with Crippen LogP contribution in [0.15, 0.2) is 44.6 Å². The molecule has 1 aromatic heterocycles. The highest BCUT2D eigenvalue weighted by molar-refractivity contribution is 7.90. The zero-order valence-corrected chi connectivity index (χ0v) is 17.2. The van der Waals surface area contributed by atoms with Crippen LogP contribution in [-0.4, -0.2) is 32.7 Å². The zero-order valence-electron chi connectivity index (χ0n) is 15.6. The molecule has 2 aromatic rings. The molecule has 1 aliphatic heterocycles. The van der Waals surface area contributed by atoms with E-state index in [1.54, 1.807) is 0 Å². The van der Waals surface area contributed by atoms with Gasteiger partial charge in [0, 0.05) is 29.7 Å². The predicted octanol–water partition coefficient (Wildman–Crippen LogP) is 1.37. The molecule has 0 aliphatic carbocycles. The molecular weight excluding hydrogens is 420 g/mol. The van der Waals surface area contributed by atoms with E-state index in [1.807, 2.05) is 13.8 Å². The van der Waals surface area contributed by atoms with Crippen LogP contribution >= 0.6 is 0 Å². The van der Waals surface area contributed by atoms with Gasteiger partial charge in [-0.1, -0.05) is 13.8 Å². The fraction of sp³-hybridized carbons (Fsp3) is 0.294. The first-order valence-electron chi connectivity index (χ1n) is 8.63. The number of nitrogens with zero attached hydrogens (tertiary/aromatic N) is 2. The van der Waals surface area contributed by atoms with E-state index >= 15 is 0 Å². The van der Waals surface area contributed by atoms with E-state index < -0.39 is 32.6 Å². The van der Waals surface area contributed by atoms with Crippen molar-refractivity contribution >= 4 is 38.5 Å². The van der Waals surface area contributed by atoms with Crippen molar-refractivity contribution < 1.29 is 22.3 Å². The second kappa shape index (κ2) is 7.97. The summed E-state index contributed by atoms with van der Waals surface area (Å²) in [5, 5.41) is 12.9. The SMILES string of the molecule is CC(C)CCn1ccc(O)c(C2=NS(=O)(=O)c3cc(NS(=O)[O-])ccc3N2)c1=O. The summed E-state index contributed by atoms with van der Waals surface area (Å²) < 4.78 is 53.9. The van der Waals surface area contributed by atoms with E-state index in [4.69, 9.17) is 0 Å². The highest BCUT2D eigenvalue weighted by atomic mass is 32.2. The molecule has 0 saturated carbocycles. The highest BCUT2D eigenvalue weighted by Gasteiger charge is 2.29. The Morgan fingerprint density at radius 3 is 2.72 bits per heavy atom. The Hall–Kier alpha value is -2.70.